The smallest absolute Gasteiger partial charge is 0.0533 e. The van der Waals surface area contributed by atoms with Gasteiger partial charge in [0.25, 0.3) is 0 Å². The zero-order chi connectivity index (χ0) is 18.1. The Labute approximate surface area is 161 Å². The van der Waals surface area contributed by atoms with Crippen LogP contribution in [0.25, 0.3) is 17.0 Å². The van der Waals surface area contributed by atoms with Crippen LogP contribution in [0.1, 0.15) is 54.0 Å². The molecule has 3 aromatic rings. The van der Waals surface area contributed by atoms with E-state index in [2.05, 4.69) is 70.6 Å². The number of rotatable bonds is 5. The minimum Gasteiger partial charge on any atom is -0.357 e. The molecule has 2 aromatic carbocycles. The van der Waals surface area contributed by atoms with Crippen molar-refractivity contribution in [3.63, 3.8) is 0 Å². The molecular formula is C25H28N2. The van der Waals surface area contributed by atoms with Gasteiger partial charge in [0, 0.05) is 23.5 Å². The number of nitrogens with one attached hydrogen (secondary N) is 1. The molecule has 3 aliphatic rings. The first kappa shape index (κ1) is 16.8. The molecule has 0 radical (unpaired) electrons. The predicted molar refractivity (Wildman–Crippen MR) is 114 cm³/mol. The summed E-state index contributed by atoms with van der Waals surface area (Å²) < 4.78 is 0. The lowest BCUT2D eigenvalue weighted by Gasteiger charge is -2.26. The number of aryl methyl sites for hydroxylation is 1. The topological polar surface area (TPSA) is 19.0 Å². The van der Waals surface area contributed by atoms with Gasteiger partial charge in [-0.1, -0.05) is 60.7 Å². The van der Waals surface area contributed by atoms with Gasteiger partial charge in [0.15, 0.2) is 0 Å². The summed E-state index contributed by atoms with van der Waals surface area (Å²) in [6, 6.07) is 17.6. The van der Waals surface area contributed by atoms with Crippen molar-refractivity contribution >= 4 is 17.0 Å². The first-order valence-corrected chi connectivity index (χ1v) is 10.4. The summed E-state index contributed by atoms with van der Waals surface area (Å²) in [5.41, 5.74) is 7.20. The summed E-state index contributed by atoms with van der Waals surface area (Å²) in [6.07, 6.45) is 10.8. The second kappa shape index (κ2) is 7.36. The second-order valence-electron chi connectivity index (χ2n) is 8.12. The van der Waals surface area contributed by atoms with E-state index in [0.717, 1.165) is 25.3 Å². The van der Waals surface area contributed by atoms with Crippen molar-refractivity contribution in [2.75, 3.05) is 13.1 Å². The highest BCUT2D eigenvalue weighted by molar-refractivity contribution is 5.91. The van der Waals surface area contributed by atoms with E-state index in [4.69, 9.17) is 0 Å². The van der Waals surface area contributed by atoms with Gasteiger partial charge in [-0.15, -0.1) is 0 Å². The van der Waals surface area contributed by atoms with Gasteiger partial charge in [-0.2, -0.15) is 0 Å². The highest BCUT2D eigenvalue weighted by atomic mass is 15.1. The number of para-hydroxylation sites is 1. The zero-order valence-electron chi connectivity index (χ0n) is 16.0. The fraction of sp³-hybridized carbons (Fsp3) is 0.360. The van der Waals surface area contributed by atoms with Crippen LogP contribution < -0.4 is 0 Å². The van der Waals surface area contributed by atoms with Gasteiger partial charge < -0.3 is 4.98 Å². The average molecular weight is 357 g/mol. The Morgan fingerprint density at radius 3 is 2.70 bits per heavy atom. The number of benzene rings is 2. The molecule has 6 rings (SSSR count). The maximum absolute atomic E-state index is 3.84. The molecule has 0 spiro atoms. The predicted octanol–water partition coefficient (Wildman–Crippen LogP) is 5.90. The molecule has 1 saturated heterocycles. The van der Waals surface area contributed by atoms with Crippen LogP contribution in [0, 0.1) is 0 Å². The minimum absolute atomic E-state index is 0.730. The molecule has 3 aliphatic heterocycles. The van der Waals surface area contributed by atoms with E-state index in [1.54, 1.807) is 5.56 Å². The average Bonchev–Trinajstić information content (AvgIpc) is 2.89. The summed E-state index contributed by atoms with van der Waals surface area (Å²) in [5.74, 6) is 0.730. The number of hydrogen-bond acceptors (Lipinski definition) is 1. The van der Waals surface area contributed by atoms with E-state index >= 15 is 0 Å². The molecule has 2 bridgehead atoms. The van der Waals surface area contributed by atoms with Crippen molar-refractivity contribution in [1.29, 1.82) is 0 Å². The molecule has 138 valence electrons. The van der Waals surface area contributed by atoms with Crippen LogP contribution in [0.4, 0.5) is 0 Å². The minimum atomic E-state index is 0.730. The van der Waals surface area contributed by atoms with Gasteiger partial charge in [-0.25, -0.2) is 0 Å². The normalized spacial score (nSPS) is 21.6. The highest BCUT2D eigenvalue weighted by Crippen LogP contribution is 2.39. The molecular weight excluding hydrogens is 328 g/mol. The van der Waals surface area contributed by atoms with Gasteiger partial charge >= 0.3 is 0 Å². The lowest BCUT2D eigenvalue weighted by atomic mass is 9.94. The SMILES string of the molecule is C(=Cc1cccc2c3c([nH]c12)C1CCN(CC1)C3)CCCc1ccccc1. The number of piperidine rings is 1. The van der Waals surface area contributed by atoms with Crippen LogP contribution in [0.5, 0.6) is 0 Å². The summed E-state index contributed by atoms with van der Waals surface area (Å²) in [6.45, 7) is 3.64. The van der Waals surface area contributed by atoms with Crippen molar-refractivity contribution in [2.45, 2.75) is 44.6 Å². The lowest BCUT2D eigenvalue weighted by molar-refractivity contribution is 0.220. The van der Waals surface area contributed by atoms with Crippen molar-refractivity contribution in [1.82, 2.24) is 9.88 Å². The molecule has 0 saturated carbocycles. The molecule has 1 fully saturated rings. The van der Waals surface area contributed by atoms with Gasteiger partial charge in [-0.3, -0.25) is 4.90 Å². The zero-order valence-corrected chi connectivity index (χ0v) is 16.0. The lowest BCUT2D eigenvalue weighted by Crippen LogP contribution is -2.29. The fourth-order valence-corrected chi connectivity index (χ4v) is 4.86. The van der Waals surface area contributed by atoms with Crippen molar-refractivity contribution in [3.8, 4) is 0 Å². The molecule has 2 nitrogen and oxygen atoms in total. The van der Waals surface area contributed by atoms with Crippen LogP contribution in [0.3, 0.4) is 0 Å². The maximum atomic E-state index is 3.84. The van der Waals surface area contributed by atoms with Gasteiger partial charge in [0.1, 0.15) is 0 Å². The Balaban J connectivity index is 1.34. The van der Waals surface area contributed by atoms with Gasteiger partial charge in [0.2, 0.25) is 0 Å². The van der Waals surface area contributed by atoms with Crippen molar-refractivity contribution in [3.05, 3.63) is 77.0 Å². The third kappa shape index (κ3) is 3.35. The first-order valence-electron chi connectivity index (χ1n) is 10.4. The number of nitrogens with zero attached hydrogens (tertiary/aromatic N) is 1. The largest absolute Gasteiger partial charge is 0.357 e. The van der Waals surface area contributed by atoms with Crippen LogP contribution in [0.2, 0.25) is 0 Å². The summed E-state index contributed by atoms with van der Waals surface area (Å²) in [5, 5.41) is 1.44. The highest BCUT2D eigenvalue weighted by Gasteiger charge is 2.30. The summed E-state index contributed by atoms with van der Waals surface area (Å²) in [7, 11) is 0. The summed E-state index contributed by atoms with van der Waals surface area (Å²) in [4.78, 5) is 6.47. The third-order valence-electron chi connectivity index (χ3n) is 6.36. The molecule has 0 amide bonds. The number of H-pyrrole nitrogens is 1. The first-order chi connectivity index (χ1) is 13.4. The van der Waals surface area contributed by atoms with E-state index in [0.29, 0.717) is 0 Å². The fourth-order valence-electron chi connectivity index (χ4n) is 4.86. The van der Waals surface area contributed by atoms with Crippen LogP contribution >= 0.6 is 0 Å². The molecule has 0 aliphatic carbocycles. The Kier molecular flexibility index (Phi) is 4.59. The van der Waals surface area contributed by atoms with Crippen molar-refractivity contribution < 1.29 is 0 Å². The van der Waals surface area contributed by atoms with E-state index in [9.17, 15) is 0 Å². The number of aromatic nitrogens is 1. The molecule has 4 heterocycles. The molecule has 0 atom stereocenters. The van der Waals surface area contributed by atoms with Crippen molar-refractivity contribution in [2.24, 2.45) is 0 Å². The number of unbranched alkanes of at least 4 members (excludes halogenated alkanes) is 1. The standard InChI is InChI=1S/C25H28N2/c1-3-8-19(9-4-1)10-5-2-6-11-20-12-7-13-22-23-18-27-16-14-21(15-17-27)25(23)26-24(20)22/h1,3-4,6-9,11-13,21,26H,2,5,10,14-18H2. The molecule has 0 unspecified atom stereocenters. The Morgan fingerprint density at radius 2 is 1.85 bits per heavy atom. The number of aromatic amines is 1. The van der Waals surface area contributed by atoms with E-state index in [-0.39, 0.29) is 0 Å². The van der Waals surface area contributed by atoms with Crippen LogP contribution in [-0.4, -0.2) is 23.0 Å². The van der Waals surface area contributed by atoms with E-state index in [1.807, 2.05) is 0 Å². The quantitative estimate of drug-likeness (QED) is 0.564. The molecule has 27 heavy (non-hydrogen) atoms. The molecule has 1 aromatic heterocycles. The monoisotopic (exact) mass is 356 g/mol. The van der Waals surface area contributed by atoms with Crippen LogP contribution in [0.15, 0.2) is 54.6 Å². The van der Waals surface area contributed by atoms with E-state index < -0.39 is 0 Å². The Hall–Kier alpha value is -2.32. The summed E-state index contributed by atoms with van der Waals surface area (Å²) >= 11 is 0. The van der Waals surface area contributed by atoms with E-state index in [1.165, 1.54) is 60.1 Å². The second-order valence-corrected chi connectivity index (χ2v) is 8.12. The molecule has 2 heteroatoms. The van der Waals surface area contributed by atoms with Gasteiger partial charge in [-0.05, 0) is 61.9 Å². The maximum Gasteiger partial charge on any atom is 0.0533 e. The van der Waals surface area contributed by atoms with Gasteiger partial charge in [0.05, 0.1) is 5.52 Å². The van der Waals surface area contributed by atoms with Crippen LogP contribution in [-0.2, 0) is 13.0 Å². The molecule has 1 N–H and O–H groups in total. The Bertz CT molecular complexity index is 943. The Morgan fingerprint density at radius 1 is 1.00 bits per heavy atom. The number of hydrogen-bond donors (Lipinski definition) is 1. The number of allylic oxidation sites excluding steroid dienone is 1. The number of fused-ring (bicyclic) bond motifs is 3. The third-order valence-corrected chi connectivity index (χ3v) is 6.36.